The maximum Gasteiger partial charge on any atom is 0.226 e. The first-order chi connectivity index (χ1) is 15.4. The number of benzene rings is 3. The van der Waals surface area contributed by atoms with Crippen LogP contribution in [0.5, 0.6) is 0 Å². The van der Waals surface area contributed by atoms with Crippen LogP contribution in [0.15, 0.2) is 54.6 Å². The summed E-state index contributed by atoms with van der Waals surface area (Å²) in [5.41, 5.74) is 5.66. The molecule has 3 rings (SSSR count). The lowest BCUT2D eigenvalue weighted by Gasteiger charge is -2.12. The van der Waals surface area contributed by atoms with Crippen LogP contribution < -0.4 is 0 Å². The predicted octanol–water partition coefficient (Wildman–Crippen LogP) is 6.97. The number of carbonyl (C=O) groups is 3. The van der Waals surface area contributed by atoms with Crippen LogP contribution in [0.3, 0.4) is 0 Å². The van der Waals surface area contributed by atoms with Gasteiger partial charge in [-0.25, -0.2) is 0 Å². The average Bonchev–Trinajstić information content (AvgIpc) is 2.72. The molecule has 0 aliphatic carbocycles. The van der Waals surface area contributed by atoms with Gasteiger partial charge in [0.1, 0.15) is 0 Å². The minimum Gasteiger partial charge on any atom is -0.310 e. The molecule has 3 aromatic rings. The topological polar surface area (TPSA) is 68.3 Å². The third-order valence-corrected chi connectivity index (χ3v) is 6.73. The molecule has 0 amide bonds. The van der Waals surface area contributed by atoms with Crippen LogP contribution in [-0.2, 0) is 4.57 Å². The fraction of sp³-hybridized carbons (Fsp3) is 0.250. The van der Waals surface area contributed by atoms with Crippen molar-refractivity contribution in [1.82, 2.24) is 0 Å². The maximum atomic E-state index is 12.7. The molecule has 0 saturated carbocycles. The van der Waals surface area contributed by atoms with Crippen LogP contribution in [-0.4, -0.2) is 16.8 Å². The van der Waals surface area contributed by atoms with E-state index in [0.717, 1.165) is 38.9 Å². The summed E-state index contributed by atoms with van der Waals surface area (Å²) in [6.07, 6.45) is 0. The highest BCUT2D eigenvalue weighted by atomic mass is 31.1. The Bertz CT molecular complexity index is 1120. The molecule has 5 heteroatoms. The summed E-state index contributed by atoms with van der Waals surface area (Å²) >= 11 is 0. The Hall–Kier alpha value is -3.10. The van der Waals surface area contributed by atoms with E-state index in [1.54, 1.807) is 6.92 Å². The van der Waals surface area contributed by atoms with Gasteiger partial charge >= 0.3 is 0 Å². The Kier molecular flexibility index (Phi) is 8.84. The van der Waals surface area contributed by atoms with Gasteiger partial charge in [0.05, 0.1) is 0 Å². The van der Waals surface area contributed by atoms with Crippen molar-refractivity contribution < 1.29 is 18.9 Å². The first kappa shape index (κ1) is 26.2. The lowest BCUT2D eigenvalue weighted by Crippen LogP contribution is -2.08. The number of rotatable bonds is 5. The second kappa shape index (κ2) is 11.2. The molecule has 0 N–H and O–H groups in total. The van der Waals surface area contributed by atoms with Gasteiger partial charge in [-0.05, 0) is 70.7 Å². The van der Waals surface area contributed by atoms with Crippen molar-refractivity contribution in [1.29, 1.82) is 0 Å². The summed E-state index contributed by atoms with van der Waals surface area (Å²) in [4.78, 5) is 36.1. The molecule has 172 valence electrons. The molecule has 0 saturated heterocycles. The van der Waals surface area contributed by atoms with Crippen LogP contribution in [0.4, 0.5) is 0 Å². The van der Waals surface area contributed by atoms with Crippen LogP contribution in [0.25, 0.3) is 0 Å². The fourth-order valence-corrected chi connectivity index (χ4v) is 5.53. The summed E-state index contributed by atoms with van der Waals surface area (Å²) in [5, 5.41) is 0. The van der Waals surface area contributed by atoms with Gasteiger partial charge in [-0.3, -0.25) is 14.4 Å². The number of aryl methyl sites for hydroxylation is 6. The molecule has 4 nitrogen and oxygen atoms in total. The van der Waals surface area contributed by atoms with E-state index in [1.165, 1.54) is 0 Å². The summed E-state index contributed by atoms with van der Waals surface area (Å²) in [6, 6.07) is 16.7. The molecule has 0 aromatic heterocycles. The lowest BCUT2D eigenvalue weighted by molar-refractivity contribution is 0.101. The van der Waals surface area contributed by atoms with Crippen molar-refractivity contribution in [3.63, 3.8) is 0 Å². The van der Waals surface area contributed by atoms with E-state index >= 15 is 0 Å². The average molecular weight is 463 g/mol. The second-order valence-corrected chi connectivity index (χ2v) is 10.0. The SMILES string of the molecule is CC(=O)c1ccccc1.Cc1cc(C)c(C(=O)[PH](=O)C(=O)c2c(C)cc(C)cc2C)c(C)c1. The Balaban J connectivity index is 0.000000357. The van der Waals surface area contributed by atoms with E-state index in [4.69, 9.17) is 0 Å². The highest BCUT2D eigenvalue weighted by molar-refractivity contribution is 7.80. The zero-order valence-electron chi connectivity index (χ0n) is 20.3. The quantitative estimate of drug-likeness (QED) is 0.303. The van der Waals surface area contributed by atoms with Crippen molar-refractivity contribution >= 4 is 24.6 Å². The van der Waals surface area contributed by atoms with Gasteiger partial charge in [0.2, 0.25) is 18.8 Å². The second-order valence-electron chi connectivity index (χ2n) is 8.46. The minimum absolute atomic E-state index is 0.121. The minimum atomic E-state index is -3.09. The normalized spacial score (nSPS) is 10.4. The zero-order valence-corrected chi connectivity index (χ0v) is 21.3. The molecule has 0 radical (unpaired) electrons. The number of carbonyl (C=O) groups excluding carboxylic acids is 3. The highest BCUT2D eigenvalue weighted by Gasteiger charge is 2.27. The molecule has 0 aliphatic rings. The van der Waals surface area contributed by atoms with Crippen LogP contribution in [0.1, 0.15) is 71.4 Å². The smallest absolute Gasteiger partial charge is 0.226 e. The Morgan fingerprint density at radius 1 is 0.606 bits per heavy atom. The van der Waals surface area contributed by atoms with Crippen LogP contribution in [0.2, 0.25) is 0 Å². The van der Waals surface area contributed by atoms with Crippen molar-refractivity contribution in [3.05, 3.63) is 105 Å². The van der Waals surface area contributed by atoms with E-state index in [-0.39, 0.29) is 5.78 Å². The Morgan fingerprint density at radius 2 is 0.939 bits per heavy atom. The first-order valence-corrected chi connectivity index (χ1v) is 12.2. The number of hydrogen-bond acceptors (Lipinski definition) is 4. The molecular formula is C28H31O4P. The fourth-order valence-electron chi connectivity index (χ4n) is 4.08. The summed E-state index contributed by atoms with van der Waals surface area (Å²) in [5.74, 6) is 0.121. The van der Waals surface area contributed by atoms with Crippen molar-refractivity contribution in [2.24, 2.45) is 0 Å². The molecular weight excluding hydrogens is 431 g/mol. The molecule has 0 aliphatic heterocycles. The molecule has 0 heterocycles. The standard InChI is InChI=1S/C20H23O3P.C8H8O/c1-11-7-13(3)17(14(4)8-11)19(21)24(23)20(22)18-15(5)9-12(2)10-16(18)6;1-7(9)8-5-3-2-4-6-8/h7-10,24H,1-6H3;2-6H,1H3. The molecule has 3 aromatic carbocycles. The summed E-state index contributed by atoms with van der Waals surface area (Å²) in [7, 11) is -3.09. The van der Waals surface area contributed by atoms with Gasteiger partial charge in [-0.15, -0.1) is 0 Å². The number of ketones is 1. The van der Waals surface area contributed by atoms with E-state index in [1.807, 2.05) is 96.1 Å². The molecule has 0 bridgehead atoms. The molecule has 0 unspecified atom stereocenters. The lowest BCUT2D eigenvalue weighted by atomic mass is 10.0. The van der Waals surface area contributed by atoms with Crippen molar-refractivity contribution in [3.8, 4) is 0 Å². The maximum absolute atomic E-state index is 12.7. The van der Waals surface area contributed by atoms with Crippen LogP contribution in [0, 0.1) is 41.5 Å². The van der Waals surface area contributed by atoms with Crippen molar-refractivity contribution in [2.75, 3.05) is 0 Å². The Labute approximate surface area is 196 Å². The van der Waals surface area contributed by atoms with Crippen LogP contribution >= 0.6 is 7.80 Å². The van der Waals surface area contributed by atoms with Gasteiger partial charge in [0.25, 0.3) is 0 Å². The summed E-state index contributed by atoms with van der Waals surface area (Å²) in [6.45, 7) is 12.7. The first-order valence-electron chi connectivity index (χ1n) is 10.8. The monoisotopic (exact) mass is 462 g/mol. The van der Waals surface area contributed by atoms with Gasteiger partial charge in [0.15, 0.2) is 5.78 Å². The van der Waals surface area contributed by atoms with Gasteiger partial charge < -0.3 is 4.57 Å². The molecule has 0 atom stereocenters. The van der Waals surface area contributed by atoms with E-state index < -0.39 is 18.8 Å². The third-order valence-electron chi connectivity index (χ3n) is 5.40. The summed E-state index contributed by atoms with van der Waals surface area (Å²) < 4.78 is 12.7. The largest absolute Gasteiger partial charge is 0.310 e. The number of hydrogen-bond donors (Lipinski definition) is 0. The highest BCUT2D eigenvalue weighted by Crippen LogP contribution is 2.36. The van der Waals surface area contributed by atoms with Gasteiger partial charge in [0, 0.05) is 16.7 Å². The predicted molar refractivity (Wildman–Crippen MR) is 135 cm³/mol. The molecule has 33 heavy (non-hydrogen) atoms. The third kappa shape index (κ3) is 6.46. The zero-order chi connectivity index (χ0) is 24.9. The van der Waals surface area contributed by atoms with E-state index in [0.29, 0.717) is 11.1 Å². The molecule has 0 fully saturated rings. The Morgan fingerprint density at radius 3 is 1.21 bits per heavy atom. The van der Waals surface area contributed by atoms with E-state index in [2.05, 4.69) is 0 Å². The van der Waals surface area contributed by atoms with Crippen molar-refractivity contribution in [2.45, 2.75) is 48.5 Å². The van der Waals surface area contributed by atoms with E-state index in [9.17, 15) is 18.9 Å². The van der Waals surface area contributed by atoms with Gasteiger partial charge in [-0.1, -0.05) is 65.7 Å². The molecule has 0 spiro atoms. The van der Waals surface area contributed by atoms with Gasteiger partial charge in [-0.2, -0.15) is 0 Å². The number of Topliss-reactive ketones (excluding diaryl/α,β-unsaturated/α-hetero) is 1.